The quantitative estimate of drug-likeness (QED) is 0.495. The topological polar surface area (TPSA) is 93.7 Å². The predicted molar refractivity (Wildman–Crippen MR) is 107 cm³/mol. The third-order valence-corrected chi connectivity index (χ3v) is 4.52. The third-order valence-electron chi connectivity index (χ3n) is 3.64. The molecular formula is C20H22N2O5S. The van der Waals surface area contributed by atoms with Crippen LogP contribution in [0.3, 0.4) is 0 Å². The highest BCUT2D eigenvalue weighted by atomic mass is 32.1. The van der Waals surface area contributed by atoms with Gasteiger partial charge in [-0.3, -0.25) is 9.59 Å². The van der Waals surface area contributed by atoms with Crippen molar-refractivity contribution in [3.63, 3.8) is 0 Å². The van der Waals surface area contributed by atoms with Crippen LogP contribution in [0.1, 0.15) is 17.4 Å². The van der Waals surface area contributed by atoms with Gasteiger partial charge in [0.25, 0.3) is 5.91 Å². The Balaban J connectivity index is 1.70. The van der Waals surface area contributed by atoms with Crippen LogP contribution in [-0.4, -0.2) is 37.5 Å². The number of ether oxygens (including phenoxy) is 2. The minimum Gasteiger partial charge on any atom is -0.497 e. The second-order valence-electron chi connectivity index (χ2n) is 5.80. The van der Waals surface area contributed by atoms with Crippen molar-refractivity contribution in [3.8, 4) is 5.75 Å². The summed E-state index contributed by atoms with van der Waals surface area (Å²) in [6.45, 7) is 1.48. The fraction of sp³-hybridized carbons (Fsp3) is 0.250. The molecule has 28 heavy (non-hydrogen) atoms. The summed E-state index contributed by atoms with van der Waals surface area (Å²) in [6.07, 6.45) is 2.93. The van der Waals surface area contributed by atoms with Gasteiger partial charge in [0.2, 0.25) is 5.91 Å². The van der Waals surface area contributed by atoms with Gasteiger partial charge < -0.3 is 20.1 Å². The van der Waals surface area contributed by atoms with Gasteiger partial charge in [-0.2, -0.15) is 0 Å². The molecule has 148 valence electrons. The van der Waals surface area contributed by atoms with Crippen LogP contribution in [0.15, 0.2) is 47.9 Å². The molecule has 0 fully saturated rings. The molecule has 2 amide bonds. The van der Waals surface area contributed by atoms with Gasteiger partial charge in [-0.15, -0.1) is 11.3 Å². The Morgan fingerprint density at radius 3 is 2.57 bits per heavy atom. The van der Waals surface area contributed by atoms with Gasteiger partial charge in [-0.05, 0) is 42.1 Å². The van der Waals surface area contributed by atoms with E-state index in [-0.39, 0.29) is 0 Å². The summed E-state index contributed by atoms with van der Waals surface area (Å²) < 4.78 is 9.99. The maximum Gasteiger partial charge on any atom is 0.328 e. The highest BCUT2D eigenvalue weighted by Crippen LogP contribution is 2.12. The van der Waals surface area contributed by atoms with Crippen molar-refractivity contribution < 1.29 is 23.9 Å². The number of methoxy groups -OCH3 is 1. The number of esters is 1. The molecule has 0 radical (unpaired) electrons. The van der Waals surface area contributed by atoms with Crippen LogP contribution in [0, 0.1) is 0 Å². The largest absolute Gasteiger partial charge is 0.497 e. The molecule has 8 heteroatoms. The molecule has 2 N–H and O–H groups in total. The first-order valence-electron chi connectivity index (χ1n) is 8.56. The SMILES string of the molecule is COc1ccc(C=CC(=O)NC(C)C(=O)OCC(=O)NCc2cccs2)cc1. The van der Waals surface area contributed by atoms with Gasteiger partial charge in [0.05, 0.1) is 13.7 Å². The Morgan fingerprint density at radius 2 is 1.93 bits per heavy atom. The van der Waals surface area contributed by atoms with Gasteiger partial charge in [-0.25, -0.2) is 4.79 Å². The maximum absolute atomic E-state index is 11.9. The van der Waals surface area contributed by atoms with Gasteiger partial charge in [0.15, 0.2) is 6.61 Å². The maximum atomic E-state index is 11.9. The average Bonchev–Trinajstić information content (AvgIpc) is 3.22. The number of benzene rings is 1. The smallest absolute Gasteiger partial charge is 0.328 e. The van der Waals surface area contributed by atoms with E-state index in [1.165, 1.54) is 24.3 Å². The zero-order valence-corrected chi connectivity index (χ0v) is 16.5. The van der Waals surface area contributed by atoms with Gasteiger partial charge in [0.1, 0.15) is 11.8 Å². The van der Waals surface area contributed by atoms with Crippen molar-refractivity contribution in [2.24, 2.45) is 0 Å². The Labute approximate surface area is 167 Å². The zero-order chi connectivity index (χ0) is 20.4. The van der Waals surface area contributed by atoms with Crippen molar-refractivity contribution in [1.82, 2.24) is 10.6 Å². The van der Waals surface area contributed by atoms with Crippen molar-refractivity contribution in [3.05, 3.63) is 58.3 Å². The lowest BCUT2D eigenvalue weighted by Gasteiger charge is -2.12. The van der Waals surface area contributed by atoms with Crippen molar-refractivity contribution in [2.75, 3.05) is 13.7 Å². The van der Waals surface area contributed by atoms with E-state index in [0.29, 0.717) is 6.54 Å². The monoisotopic (exact) mass is 402 g/mol. The van der Waals surface area contributed by atoms with Crippen molar-refractivity contribution >= 4 is 35.2 Å². The van der Waals surface area contributed by atoms with Gasteiger partial charge in [-0.1, -0.05) is 18.2 Å². The summed E-state index contributed by atoms with van der Waals surface area (Å²) in [5.74, 6) is -0.808. The summed E-state index contributed by atoms with van der Waals surface area (Å²) in [7, 11) is 1.58. The van der Waals surface area contributed by atoms with Crippen LogP contribution in [0.4, 0.5) is 0 Å². The lowest BCUT2D eigenvalue weighted by Crippen LogP contribution is -2.40. The zero-order valence-electron chi connectivity index (χ0n) is 15.6. The van der Waals surface area contributed by atoms with Crippen LogP contribution in [0.25, 0.3) is 6.08 Å². The summed E-state index contributed by atoms with van der Waals surface area (Å²) in [6, 6.07) is 10.1. The summed E-state index contributed by atoms with van der Waals surface area (Å²) in [5.41, 5.74) is 0.814. The van der Waals surface area contributed by atoms with E-state index in [2.05, 4.69) is 10.6 Å². The van der Waals surface area contributed by atoms with Crippen LogP contribution in [0.5, 0.6) is 5.75 Å². The predicted octanol–water partition coefficient (Wildman–Crippen LogP) is 2.13. The first kappa shape index (κ1) is 21.2. The molecule has 0 aliphatic heterocycles. The Morgan fingerprint density at radius 1 is 1.18 bits per heavy atom. The number of thiophene rings is 1. The van der Waals surface area contributed by atoms with Crippen LogP contribution in [0.2, 0.25) is 0 Å². The van der Waals surface area contributed by atoms with Crippen LogP contribution in [-0.2, 0) is 25.7 Å². The molecule has 2 aromatic rings. The number of hydrogen-bond donors (Lipinski definition) is 2. The standard InChI is InChI=1S/C20H22N2O5S/c1-14(20(25)27-13-19(24)21-12-17-4-3-11-28-17)22-18(23)10-7-15-5-8-16(26-2)9-6-15/h3-11,14H,12-13H2,1-2H3,(H,21,24)(H,22,23). The second kappa shape index (κ2) is 10.9. The first-order chi connectivity index (χ1) is 13.5. The first-order valence-corrected chi connectivity index (χ1v) is 9.44. The van der Waals surface area contributed by atoms with Crippen molar-refractivity contribution in [2.45, 2.75) is 19.5 Å². The number of nitrogens with one attached hydrogen (secondary N) is 2. The molecule has 1 heterocycles. The van der Waals surface area contributed by atoms with E-state index >= 15 is 0 Å². The van der Waals surface area contributed by atoms with E-state index in [9.17, 15) is 14.4 Å². The number of carbonyl (C=O) groups is 3. The normalized spacial score (nSPS) is 11.6. The molecule has 0 bridgehead atoms. The highest BCUT2D eigenvalue weighted by molar-refractivity contribution is 7.09. The molecule has 0 saturated carbocycles. The van der Waals surface area contributed by atoms with Crippen LogP contribution >= 0.6 is 11.3 Å². The third kappa shape index (κ3) is 7.24. The van der Waals surface area contributed by atoms with E-state index in [4.69, 9.17) is 9.47 Å². The average molecular weight is 402 g/mol. The van der Waals surface area contributed by atoms with Crippen LogP contribution < -0.4 is 15.4 Å². The second-order valence-corrected chi connectivity index (χ2v) is 6.83. The fourth-order valence-corrected chi connectivity index (χ4v) is 2.76. The minimum atomic E-state index is -0.877. The van der Waals surface area contributed by atoms with E-state index in [0.717, 1.165) is 16.2 Å². The molecular weight excluding hydrogens is 380 g/mol. The Bertz CT molecular complexity index is 816. The number of carbonyl (C=O) groups excluding carboxylic acids is 3. The fourth-order valence-electron chi connectivity index (χ4n) is 2.12. The molecule has 7 nitrogen and oxygen atoms in total. The summed E-state index contributed by atoms with van der Waals surface area (Å²) >= 11 is 1.52. The van der Waals surface area contributed by atoms with Gasteiger partial charge in [0, 0.05) is 11.0 Å². The van der Waals surface area contributed by atoms with Gasteiger partial charge >= 0.3 is 5.97 Å². The minimum absolute atomic E-state index is 0.385. The van der Waals surface area contributed by atoms with E-state index in [1.54, 1.807) is 37.5 Å². The highest BCUT2D eigenvalue weighted by Gasteiger charge is 2.17. The Hall–Kier alpha value is -3.13. The summed E-state index contributed by atoms with van der Waals surface area (Å²) in [4.78, 5) is 36.5. The molecule has 1 unspecified atom stereocenters. The molecule has 1 atom stereocenters. The molecule has 0 saturated heterocycles. The number of amides is 2. The molecule has 0 aliphatic rings. The molecule has 1 aromatic carbocycles. The molecule has 0 aliphatic carbocycles. The molecule has 0 spiro atoms. The number of hydrogen-bond acceptors (Lipinski definition) is 6. The lowest BCUT2D eigenvalue weighted by atomic mass is 10.2. The summed E-state index contributed by atoms with van der Waals surface area (Å²) in [5, 5.41) is 7.06. The number of rotatable bonds is 9. The molecule has 1 aromatic heterocycles. The van der Waals surface area contributed by atoms with E-state index < -0.39 is 30.4 Å². The van der Waals surface area contributed by atoms with E-state index in [1.807, 2.05) is 17.5 Å². The molecule has 2 rings (SSSR count). The Kier molecular flexibility index (Phi) is 8.23. The lowest BCUT2D eigenvalue weighted by molar-refractivity contribution is -0.151. The van der Waals surface area contributed by atoms with Crippen molar-refractivity contribution in [1.29, 1.82) is 0 Å².